The van der Waals surface area contributed by atoms with E-state index in [1.54, 1.807) is 22.9 Å². The highest BCUT2D eigenvalue weighted by Crippen LogP contribution is 2.39. The first kappa shape index (κ1) is 25.6. The minimum absolute atomic E-state index is 0.00815. The summed E-state index contributed by atoms with van der Waals surface area (Å²) >= 11 is 0. The van der Waals surface area contributed by atoms with E-state index in [4.69, 9.17) is 15.2 Å². The number of nitrogens with zero attached hydrogens (tertiary/aromatic N) is 3. The number of imidazole rings is 1. The van der Waals surface area contributed by atoms with Crippen LogP contribution in [0.25, 0.3) is 16.9 Å². The molecule has 0 amide bonds. The Balaban J connectivity index is 1.77. The maximum absolute atomic E-state index is 13.4. The fraction of sp³-hybridized carbons (Fsp3) is 0.444. The number of halogens is 2. The molecule has 0 bridgehead atoms. The number of nitriles is 1. The molecule has 2 atom stereocenters. The van der Waals surface area contributed by atoms with Crippen LogP contribution < -0.4 is 15.2 Å². The number of benzene rings is 1. The topological polar surface area (TPSA) is 103 Å². The number of aromatic nitrogens is 2. The minimum atomic E-state index is -3.12. The van der Waals surface area contributed by atoms with Gasteiger partial charge in [-0.25, -0.2) is 4.98 Å². The standard InChI is InChI=1S/C27H30F2N4O3/c1-27(2,15-30)18-8-9-33-20(14-32-24(33)13-18)17-11-22(35-3)25(23(12-17)36-26(28)29)21(34)10-16-6-4-5-7-19(16)31/h8-9,11-14,16,19,26H,4-7,10,31H2,1-3H3/t16-,19+/m1/s1. The van der Waals surface area contributed by atoms with Crippen molar-refractivity contribution in [3.63, 3.8) is 0 Å². The normalized spacial score (nSPS) is 18.3. The van der Waals surface area contributed by atoms with Gasteiger partial charge in [-0.2, -0.15) is 14.0 Å². The molecule has 4 rings (SSSR count). The van der Waals surface area contributed by atoms with Gasteiger partial charge in [-0.15, -0.1) is 0 Å². The highest BCUT2D eigenvalue weighted by Gasteiger charge is 2.29. The van der Waals surface area contributed by atoms with Crippen LogP contribution in [0, 0.1) is 17.2 Å². The Morgan fingerprint density at radius 3 is 2.67 bits per heavy atom. The number of ether oxygens (including phenoxy) is 2. The molecule has 3 aromatic rings. The third-order valence-corrected chi connectivity index (χ3v) is 7.01. The van der Waals surface area contributed by atoms with E-state index >= 15 is 0 Å². The second-order valence-electron chi connectivity index (χ2n) is 9.79. The van der Waals surface area contributed by atoms with E-state index < -0.39 is 12.0 Å². The molecule has 1 aliphatic rings. The van der Waals surface area contributed by atoms with E-state index in [1.165, 1.54) is 13.2 Å². The maximum atomic E-state index is 13.4. The van der Waals surface area contributed by atoms with Crippen LogP contribution in [0.5, 0.6) is 11.5 Å². The average Bonchev–Trinajstić information content (AvgIpc) is 3.28. The molecule has 1 fully saturated rings. The van der Waals surface area contributed by atoms with Crippen molar-refractivity contribution in [1.82, 2.24) is 9.38 Å². The van der Waals surface area contributed by atoms with Crippen LogP contribution in [-0.2, 0) is 5.41 Å². The molecule has 1 aliphatic carbocycles. The summed E-state index contributed by atoms with van der Waals surface area (Å²) in [5, 5.41) is 9.45. The highest BCUT2D eigenvalue weighted by molar-refractivity contribution is 6.02. The summed E-state index contributed by atoms with van der Waals surface area (Å²) in [6.45, 7) is 0.515. The molecule has 0 spiro atoms. The lowest BCUT2D eigenvalue weighted by atomic mass is 9.81. The van der Waals surface area contributed by atoms with E-state index in [0.29, 0.717) is 16.9 Å². The number of rotatable bonds is 8. The largest absolute Gasteiger partial charge is 0.496 e. The molecule has 1 saturated carbocycles. The molecule has 7 nitrogen and oxygen atoms in total. The maximum Gasteiger partial charge on any atom is 0.387 e. The molecule has 190 valence electrons. The monoisotopic (exact) mass is 496 g/mol. The summed E-state index contributed by atoms with van der Waals surface area (Å²) in [6, 6.07) is 8.85. The zero-order valence-corrected chi connectivity index (χ0v) is 20.6. The molecule has 2 heterocycles. The number of methoxy groups -OCH3 is 1. The number of ketones is 1. The van der Waals surface area contributed by atoms with E-state index in [9.17, 15) is 18.8 Å². The number of nitrogens with two attached hydrogens (primary N) is 1. The van der Waals surface area contributed by atoms with Crippen LogP contribution in [0.1, 0.15) is 61.9 Å². The Morgan fingerprint density at radius 2 is 2.00 bits per heavy atom. The summed E-state index contributed by atoms with van der Waals surface area (Å²) in [7, 11) is 1.39. The van der Waals surface area contributed by atoms with Crippen LogP contribution in [0.4, 0.5) is 8.78 Å². The van der Waals surface area contributed by atoms with Crippen LogP contribution in [0.2, 0.25) is 0 Å². The van der Waals surface area contributed by atoms with E-state index in [1.807, 2.05) is 26.0 Å². The number of carbonyl (C=O) groups is 1. The fourth-order valence-corrected chi connectivity index (χ4v) is 4.84. The first-order valence-electron chi connectivity index (χ1n) is 12.0. The quantitative estimate of drug-likeness (QED) is 0.413. The van der Waals surface area contributed by atoms with Gasteiger partial charge in [-0.3, -0.25) is 9.20 Å². The molecule has 9 heteroatoms. The van der Waals surface area contributed by atoms with Crippen molar-refractivity contribution >= 4 is 11.4 Å². The third kappa shape index (κ3) is 5.05. The van der Waals surface area contributed by atoms with Gasteiger partial charge < -0.3 is 15.2 Å². The molecule has 0 radical (unpaired) electrons. The van der Waals surface area contributed by atoms with E-state index in [2.05, 4.69) is 11.1 Å². The molecule has 2 N–H and O–H groups in total. The lowest BCUT2D eigenvalue weighted by Gasteiger charge is -2.28. The number of hydrogen-bond donors (Lipinski definition) is 1. The Hall–Kier alpha value is -3.51. The van der Waals surface area contributed by atoms with Crippen LogP contribution in [-0.4, -0.2) is 34.9 Å². The zero-order chi connectivity index (χ0) is 26.0. The minimum Gasteiger partial charge on any atom is -0.496 e. The highest BCUT2D eigenvalue weighted by atomic mass is 19.3. The van der Waals surface area contributed by atoms with Crippen molar-refractivity contribution in [2.45, 2.75) is 64.0 Å². The number of hydrogen-bond acceptors (Lipinski definition) is 6. The fourth-order valence-electron chi connectivity index (χ4n) is 4.84. The molecule has 2 aromatic heterocycles. The van der Waals surface area contributed by atoms with Gasteiger partial charge in [0.2, 0.25) is 0 Å². The number of pyridine rings is 1. The Morgan fingerprint density at radius 1 is 1.28 bits per heavy atom. The molecule has 0 unspecified atom stereocenters. The summed E-state index contributed by atoms with van der Waals surface area (Å²) in [5.74, 6) is -0.445. The van der Waals surface area contributed by atoms with Crippen LogP contribution in [0.15, 0.2) is 36.7 Å². The van der Waals surface area contributed by atoms with Gasteiger partial charge in [-0.05, 0) is 62.4 Å². The van der Waals surface area contributed by atoms with Gasteiger partial charge >= 0.3 is 6.61 Å². The Bertz CT molecular complexity index is 1310. The predicted octanol–water partition coefficient (Wildman–Crippen LogP) is 5.50. The first-order valence-corrected chi connectivity index (χ1v) is 12.0. The van der Waals surface area contributed by atoms with Gasteiger partial charge in [0.15, 0.2) is 5.78 Å². The Kier molecular flexibility index (Phi) is 7.27. The summed E-state index contributed by atoms with van der Waals surface area (Å²) in [4.78, 5) is 17.7. The van der Waals surface area contributed by atoms with E-state index in [0.717, 1.165) is 31.2 Å². The van der Waals surface area contributed by atoms with Gasteiger partial charge in [-0.1, -0.05) is 12.8 Å². The first-order chi connectivity index (χ1) is 17.1. The molecular weight excluding hydrogens is 466 g/mol. The van der Waals surface area contributed by atoms with Gasteiger partial charge in [0.25, 0.3) is 0 Å². The molecule has 0 saturated heterocycles. The molecule has 36 heavy (non-hydrogen) atoms. The van der Waals surface area contributed by atoms with Crippen molar-refractivity contribution in [2.75, 3.05) is 7.11 Å². The smallest absolute Gasteiger partial charge is 0.387 e. The second-order valence-corrected chi connectivity index (χ2v) is 9.79. The lowest BCUT2D eigenvalue weighted by molar-refractivity contribution is -0.0502. The Labute approximate surface area is 208 Å². The number of alkyl halides is 2. The predicted molar refractivity (Wildman–Crippen MR) is 131 cm³/mol. The molecule has 0 aliphatic heterocycles. The SMILES string of the molecule is COc1cc(-c2cnc3cc(C(C)(C)C#N)ccn23)cc(OC(F)F)c1C(=O)C[C@H]1CCCC[C@@H]1N. The molecular formula is C27H30F2N4O3. The van der Waals surface area contributed by atoms with Crippen molar-refractivity contribution in [3.8, 4) is 28.8 Å². The zero-order valence-electron chi connectivity index (χ0n) is 20.6. The second kappa shape index (κ2) is 10.2. The van der Waals surface area contributed by atoms with Gasteiger partial charge in [0.05, 0.1) is 30.5 Å². The number of Topliss-reactive ketones (excluding diaryl/α,β-unsaturated/α-hetero) is 1. The number of fused-ring (bicyclic) bond motifs is 1. The number of carbonyl (C=O) groups excluding carboxylic acids is 1. The van der Waals surface area contributed by atoms with E-state index in [-0.39, 0.29) is 41.2 Å². The lowest BCUT2D eigenvalue weighted by Crippen LogP contribution is -2.34. The summed E-state index contributed by atoms with van der Waals surface area (Å²) in [5.41, 5.74) is 8.00. The van der Waals surface area contributed by atoms with Gasteiger partial charge in [0.1, 0.15) is 22.7 Å². The third-order valence-electron chi connectivity index (χ3n) is 7.01. The van der Waals surface area contributed by atoms with Crippen LogP contribution in [0.3, 0.4) is 0 Å². The van der Waals surface area contributed by atoms with Crippen molar-refractivity contribution in [3.05, 3.63) is 47.8 Å². The van der Waals surface area contributed by atoms with Crippen LogP contribution >= 0.6 is 0 Å². The summed E-state index contributed by atoms with van der Waals surface area (Å²) < 4.78 is 38.9. The summed E-state index contributed by atoms with van der Waals surface area (Å²) in [6.07, 6.45) is 7.20. The van der Waals surface area contributed by atoms with Gasteiger partial charge in [0, 0.05) is 24.2 Å². The van der Waals surface area contributed by atoms with Crippen molar-refractivity contribution in [1.29, 1.82) is 5.26 Å². The van der Waals surface area contributed by atoms with Crippen molar-refractivity contribution in [2.24, 2.45) is 11.7 Å². The average molecular weight is 497 g/mol. The van der Waals surface area contributed by atoms with Crippen molar-refractivity contribution < 1.29 is 23.0 Å². The molecule has 1 aromatic carbocycles.